The number of benzene rings is 2. The van der Waals surface area contributed by atoms with Crippen molar-refractivity contribution in [1.29, 1.82) is 0 Å². The van der Waals surface area contributed by atoms with Gasteiger partial charge in [-0.2, -0.15) is 0 Å². The van der Waals surface area contributed by atoms with Crippen molar-refractivity contribution in [2.45, 2.75) is 16.8 Å². The summed E-state index contributed by atoms with van der Waals surface area (Å²) in [4.78, 5) is 37.3. The van der Waals surface area contributed by atoms with E-state index in [0.717, 1.165) is 52.4 Å². The zero-order chi connectivity index (χ0) is 23.5. The van der Waals surface area contributed by atoms with Crippen LogP contribution in [0, 0.1) is 6.92 Å². The molecule has 9 heteroatoms. The maximum atomic E-state index is 11.9. The van der Waals surface area contributed by atoms with E-state index in [0.29, 0.717) is 11.6 Å². The zero-order valence-corrected chi connectivity index (χ0v) is 19.4. The van der Waals surface area contributed by atoms with E-state index in [2.05, 4.69) is 32.3 Å². The molecule has 0 bridgehead atoms. The molecule has 5 rings (SSSR count). The number of hydrogen-bond acceptors (Lipinski definition) is 8. The third kappa shape index (κ3) is 4.80. The second kappa shape index (κ2) is 9.66. The quantitative estimate of drug-likeness (QED) is 0.425. The van der Waals surface area contributed by atoms with Gasteiger partial charge in [0.05, 0.1) is 18.9 Å². The van der Waals surface area contributed by atoms with Crippen LogP contribution in [0.1, 0.15) is 5.56 Å². The number of carbonyl (C=O) groups excluding carboxylic acids is 2. The first-order valence-corrected chi connectivity index (χ1v) is 11.8. The van der Waals surface area contributed by atoms with Crippen molar-refractivity contribution in [2.75, 3.05) is 41.4 Å². The van der Waals surface area contributed by atoms with Crippen LogP contribution >= 0.6 is 11.8 Å². The Hall–Kier alpha value is -3.69. The summed E-state index contributed by atoms with van der Waals surface area (Å²) in [6.45, 7) is 5.27. The molecule has 1 N–H and O–H groups in total. The van der Waals surface area contributed by atoms with Crippen LogP contribution in [-0.4, -0.2) is 48.1 Å². The molecule has 2 aliphatic rings. The molecular formula is C25H23N5O3S. The Morgan fingerprint density at radius 2 is 1.56 bits per heavy atom. The molecule has 34 heavy (non-hydrogen) atoms. The predicted molar refractivity (Wildman–Crippen MR) is 132 cm³/mol. The number of hydrogen-bond donors (Lipinski definition) is 1. The van der Waals surface area contributed by atoms with E-state index in [-0.39, 0.29) is 11.8 Å². The number of anilines is 4. The van der Waals surface area contributed by atoms with Crippen LogP contribution in [0.5, 0.6) is 0 Å². The molecule has 2 aliphatic heterocycles. The fourth-order valence-corrected chi connectivity index (χ4v) is 4.57. The monoisotopic (exact) mass is 473 g/mol. The molecule has 3 heterocycles. The van der Waals surface area contributed by atoms with Crippen LogP contribution < -0.4 is 15.1 Å². The van der Waals surface area contributed by atoms with Crippen molar-refractivity contribution in [1.82, 2.24) is 9.97 Å². The minimum Gasteiger partial charge on any atom is -0.378 e. The first-order chi connectivity index (χ1) is 16.6. The molecule has 0 spiro atoms. The number of rotatable bonds is 6. The molecule has 0 unspecified atom stereocenters. The standard InChI is InChI=1S/C25H23N5O3S/c1-17-16-26-25(27-18-2-4-19(5-3-18)29-12-14-33-15-13-29)28-24(17)34-21-8-6-20(7-9-21)30-22(31)10-11-23(30)32/h2-11,16H,12-15H2,1H3,(H,26,27,28). The fourth-order valence-electron chi connectivity index (χ4n) is 3.73. The summed E-state index contributed by atoms with van der Waals surface area (Å²) < 4.78 is 5.42. The number of nitrogens with zero attached hydrogens (tertiary/aromatic N) is 4. The molecule has 0 atom stereocenters. The van der Waals surface area contributed by atoms with Gasteiger partial charge in [0.1, 0.15) is 5.03 Å². The van der Waals surface area contributed by atoms with Crippen molar-refractivity contribution in [3.63, 3.8) is 0 Å². The fraction of sp³-hybridized carbons (Fsp3) is 0.200. The van der Waals surface area contributed by atoms with Crippen LogP contribution in [0.15, 0.2) is 76.8 Å². The van der Waals surface area contributed by atoms with Gasteiger partial charge >= 0.3 is 0 Å². The van der Waals surface area contributed by atoms with Crippen LogP contribution in [0.3, 0.4) is 0 Å². The van der Waals surface area contributed by atoms with Gasteiger partial charge in [0.2, 0.25) is 5.95 Å². The lowest BCUT2D eigenvalue weighted by atomic mass is 10.2. The summed E-state index contributed by atoms with van der Waals surface area (Å²) in [6.07, 6.45) is 4.35. The lowest BCUT2D eigenvalue weighted by Crippen LogP contribution is -2.36. The van der Waals surface area contributed by atoms with E-state index in [1.54, 1.807) is 18.3 Å². The Balaban J connectivity index is 1.26. The summed E-state index contributed by atoms with van der Waals surface area (Å²) in [7, 11) is 0. The van der Waals surface area contributed by atoms with E-state index >= 15 is 0 Å². The van der Waals surface area contributed by atoms with E-state index < -0.39 is 0 Å². The normalized spacial score (nSPS) is 15.8. The SMILES string of the molecule is Cc1cnc(Nc2ccc(N3CCOCC3)cc2)nc1Sc1ccc(N2C(=O)C=CC2=O)cc1. The molecule has 172 valence electrons. The first kappa shape index (κ1) is 22.1. The Morgan fingerprint density at radius 1 is 0.912 bits per heavy atom. The van der Waals surface area contributed by atoms with Gasteiger partial charge in [0.25, 0.3) is 11.8 Å². The Kier molecular flexibility index (Phi) is 6.29. The number of morpholine rings is 1. The third-order valence-corrected chi connectivity index (χ3v) is 6.66. The van der Waals surface area contributed by atoms with Crippen LogP contribution in [0.4, 0.5) is 23.0 Å². The number of amides is 2. The topological polar surface area (TPSA) is 87.7 Å². The highest BCUT2D eigenvalue weighted by Crippen LogP contribution is 2.31. The molecule has 1 saturated heterocycles. The largest absolute Gasteiger partial charge is 0.378 e. The summed E-state index contributed by atoms with van der Waals surface area (Å²) >= 11 is 1.50. The predicted octanol–water partition coefficient (Wildman–Crippen LogP) is 3.95. The van der Waals surface area contributed by atoms with Gasteiger partial charge in [-0.05, 0) is 55.5 Å². The smallest absolute Gasteiger partial charge is 0.258 e. The molecule has 1 aromatic heterocycles. The molecule has 2 amide bonds. The van der Waals surface area contributed by atoms with Crippen molar-refractivity contribution >= 4 is 46.6 Å². The van der Waals surface area contributed by atoms with Crippen LogP contribution in [-0.2, 0) is 14.3 Å². The molecule has 3 aromatic rings. The second-order valence-electron chi connectivity index (χ2n) is 7.89. The first-order valence-electron chi connectivity index (χ1n) is 10.9. The van der Waals surface area contributed by atoms with Crippen molar-refractivity contribution in [3.05, 3.63) is 72.4 Å². The van der Waals surface area contributed by atoms with Crippen LogP contribution in [0.2, 0.25) is 0 Å². The average molecular weight is 474 g/mol. The van der Waals surface area contributed by atoms with Gasteiger partial charge in [0.15, 0.2) is 0 Å². The van der Waals surface area contributed by atoms with Crippen LogP contribution in [0.25, 0.3) is 0 Å². The van der Waals surface area contributed by atoms with Gasteiger partial charge in [-0.25, -0.2) is 14.9 Å². The number of aryl methyl sites for hydroxylation is 1. The second-order valence-corrected chi connectivity index (χ2v) is 8.96. The Bertz CT molecular complexity index is 1220. The zero-order valence-electron chi connectivity index (χ0n) is 18.6. The van der Waals surface area contributed by atoms with E-state index in [1.807, 2.05) is 31.2 Å². The molecular weight excluding hydrogens is 450 g/mol. The van der Waals surface area contributed by atoms with Crippen molar-refractivity contribution < 1.29 is 14.3 Å². The highest BCUT2D eigenvalue weighted by Gasteiger charge is 2.24. The molecule has 0 aliphatic carbocycles. The lowest BCUT2D eigenvalue weighted by Gasteiger charge is -2.28. The number of nitrogens with one attached hydrogen (secondary N) is 1. The minimum atomic E-state index is -0.328. The maximum absolute atomic E-state index is 11.9. The maximum Gasteiger partial charge on any atom is 0.258 e. The molecule has 1 fully saturated rings. The van der Waals surface area contributed by atoms with Gasteiger partial charge in [-0.3, -0.25) is 9.59 Å². The van der Waals surface area contributed by atoms with Gasteiger partial charge in [0, 0.05) is 53.3 Å². The minimum absolute atomic E-state index is 0.328. The van der Waals surface area contributed by atoms with E-state index in [9.17, 15) is 9.59 Å². The third-order valence-electron chi connectivity index (χ3n) is 5.54. The van der Waals surface area contributed by atoms with Gasteiger partial charge in [-0.1, -0.05) is 11.8 Å². The molecule has 0 radical (unpaired) electrons. The summed E-state index contributed by atoms with van der Waals surface area (Å²) in [5, 5.41) is 4.10. The summed E-state index contributed by atoms with van der Waals surface area (Å²) in [5.74, 6) is -0.139. The van der Waals surface area contributed by atoms with Crippen molar-refractivity contribution in [3.8, 4) is 0 Å². The average Bonchev–Trinajstić information content (AvgIpc) is 3.20. The van der Waals surface area contributed by atoms with E-state index in [4.69, 9.17) is 4.74 Å². The lowest BCUT2D eigenvalue weighted by molar-refractivity contribution is -0.119. The number of aromatic nitrogens is 2. The number of imide groups is 1. The number of carbonyl (C=O) groups is 2. The highest BCUT2D eigenvalue weighted by atomic mass is 32.2. The molecule has 0 saturated carbocycles. The highest BCUT2D eigenvalue weighted by molar-refractivity contribution is 7.99. The van der Waals surface area contributed by atoms with Crippen molar-refractivity contribution in [2.24, 2.45) is 0 Å². The molecule has 8 nitrogen and oxygen atoms in total. The Labute approximate surface area is 201 Å². The Morgan fingerprint density at radius 3 is 2.24 bits per heavy atom. The van der Waals surface area contributed by atoms with Gasteiger partial charge in [-0.15, -0.1) is 0 Å². The molecule has 2 aromatic carbocycles. The summed E-state index contributed by atoms with van der Waals surface area (Å²) in [6, 6.07) is 15.5. The van der Waals surface area contributed by atoms with E-state index in [1.165, 1.54) is 29.6 Å². The van der Waals surface area contributed by atoms with Gasteiger partial charge < -0.3 is 15.0 Å². The summed E-state index contributed by atoms with van der Waals surface area (Å²) in [5.41, 5.74) is 3.59. The number of ether oxygens (including phenoxy) is 1.